The molecule has 0 saturated carbocycles. The summed E-state index contributed by atoms with van der Waals surface area (Å²) in [5.41, 5.74) is 5.32. The Balaban J connectivity index is 2.21. The van der Waals surface area contributed by atoms with E-state index in [1.807, 2.05) is 13.8 Å². The van der Waals surface area contributed by atoms with Crippen LogP contribution in [-0.2, 0) is 9.53 Å². The minimum Gasteiger partial charge on any atom is -0.374 e. The van der Waals surface area contributed by atoms with Crippen molar-refractivity contribution < 1.29 is 9.53 Å². The number of likely N-dealkylation sites (N-methyl/N-ethyl adjacent to an activating group) is 1. The van der Waals surface area contributed by atoms with Gasteiger partial charge in [0.05, 0.1) is 12.7 Å². The largest absolute Gasteiger partial charge is 0.374 e. The van der Waals surface area contributed by atoms with Gasteiger partial charge in [-0.25, -0.2) is 0 Å². The quantitative estimate of drug-likeness (QED) is 0.686. The zero-order chi connectivity index (χ0) is 12.2. The minimum atomic E-state index is -0.450. The second-order valence-electron chi connectivity index (χ2n) is 5.22. The standard InChI is InChI=1S/C11H23N3O2/c1-11(2,12)6-10(15)13-7-9-8-14(3)4-5-16-9/h9H,4-8,12H2,1-3H3,(H,13,15). The molecule has 1 amide bonds. The maximum absolute atomic E-state index is 11.5. The van der Waals surface area contributed by atoms with Crippen molar-refractivity contribution >= 4 is 5.91 Å². The lowest BCUT2D eigenvalue weighted by molar-refractivity contribution is -0.123. The van der Waals surface area contributed by atoms with Gasteiger partial charge >= 0.3 is 0 Å². The molecule has 1 unspecified atom stereocenters. The summed E-state index contributed by atoms with van der Waals surface area (Å²) in [6.07, 6.45) is 0.443. The molecule has 0 aliphatic carbocycles. The normalized spacial score (nSPS) is 23.1. The molecule has 3 N–H and O–H groups in total. The molecule has 0 aromatic rings. The van der Waals surface area contributed by atoms with Crippen LogP contribution in [0, 0.1) is 0 Å². The van der Waals surface area contributed by atoms with E-state index in [0.29, 0.717) is 13.0 Å². The highest BCUT2D eigenvalue weighted by atomic mass is 16.5. The average Bonchev–Trinajstić information content (AvgIpc) is 2.12. The van der Waals surface area contributed by atoms with Gasteiger partial charge in [0.25, 0.3) is 0 Å². The molecule has 1 aliphatic rings. The lowest BCUT2D eigenvalue weighted by Gasteiger charge is -2.30. The molecule has 1 aliphatic heterocycles. The SMILES string of the molecule is CN1CCOC(CNC(=O)CC(C)(C)N)C1. The van der Waals surface area contributed by atoms with Crippen LogP contribution in [0.15, 0.2) is 0 Å². The fourth-order valence-corrected chi connectivity index (χ4v) is 1.69. The van der Waals surface area contributed by atoms with Crippen LogP contribution >= 0.6 is 0 Å². The molecule has 0 radical (unpaired) electrons. The minimum absolute atomic E-state index is 0.00988. The highest BCUT2D eigenvalue weighted by molar-refractivity contribution is 5.77. The molecule has 1 atom stereocenters. The summed E-state index contributed by atoms with van der Waals surface area (Å²) in [6, 6.07) is 0. The van der Waals surface area contributed by atoms with E-state index < -0.39 is 5.54 Å². The number of nitrogens with two attached hydrogens (primary N) is 1. The van der Waals surface area contributed by atoms with Crippen molar-refractivity contribution in [2.24, 2.45) is 5.73 Å². The number of morpholine rings is 1. The first-order valence-electron chi connectivity index (χ1n) is 5.72. The molecule has 5 nitrogen and oxygen atoms in total. The molecule has 0 bridgehead atoms. The van der Waals surface area contributed by atoms with Gasteiger partial charge in [-0.2, -0.15) is 0 Å². The molecular weight excluding hydrogens is 206 g/mol. The van der Waals surface area contributed by atoms with Gasteiger partial charge in [-0.1, -0.05) is 0 Å². The van der Waals surface area contributed by atoms with Crippen molar-refractivity contribution in [3.8, 4) is 0 Å². The van der Waals surface area contributed by atoms with Gasteiger partial charge in [0.2, 0.25) is 5.91 Å². The molecule has 1 fully saturated rings. The summed E-state index contributed by atoms with van der Waals surface area (Å²) in [5, 5.41) is 2.86. The smallest absolute Gasteiger partial charge is 0.221 e. The van der Waals surface area contributed by atoms with Crippen LogP contribution in [-0.4, -0.2) is 55.7 Å². The van der Waals surface area contributed by atoms with Crippen LogP contribution in [0.4, 0.5) is 0 Å². The summed E-state index contributed by atoms with van der Waals surface area (Å²) in [5.74, 6) is -0.00988. The topological polar surface area (TPSA) is 67.6 Å². The Morgan fingerprint density at radius 1 is 1.62 bits per heavy atom. The molecular formula is C11H23N3O2. The number of carbonyl (C=O) groups is 1. The van der Waals surface area contributed by atoms with E-state index in [-0.39, 0.29) is 12.0 Å². The molecule has 94 valence electrons. The number of nitrogens with zero attached hydrogens (tertiary/aromatic N) is 1. The average molecular weight is 229 g/mol. The van der Waals surface area contributed by atoms with E-state index in [0.717, 1.165) is 19.7 Å². The molecule has 0 aromatic heterocycles. The second kappa shape index (κ2) is 5.61. The van der Waals surface area contributed by atoms with Gasteiger partial charge in [-0.3, -0.25) is 4.79 Å². The predicted molar refractivity (Wildman–Crippen MR) is 63.1 cm³/mol. The van der Waals surface area contributed by atoms with Gasteiger partial charge in [-0.15, -0.1) is 0 Å². The third kappa shape index (κ3) is 5.44. The van der Waals surface area contributed by atoms with E-state index in [4.69, 9.17) is 10.5 Å². The molecule has 0 spiro atoms. The third-order valence-corrected chi connectivity index (χ3v) is 2.48. The third-order valence-electron chi connectivity index (χ3n) is 2.48. The number of nitrogens with one attached hydrogen (secondary N) is 1. The molecule has 1 saturated heterocycles. The number of carbonyl (C=O) groups excluding carboxylic acids is 1. The van der Waals surface area contributed by atoms with Crippen LogP contribution in [0.1, 0.15) is 20.3 Å². The number of hydrogen-bond acceptors (Lipinski definition) is 4. The first kappa shape index (κ1) is 13.4. The Morgan fingerprint density at radius 3 is 2.88 bits per heavy atom. The van der Waals surface area contributed by atoms with E-state index in [9.17, 15) is 4.79 Å². The summed E-state index contributed by atoms with van der Waals surface area (Å²) in [7, 11) is 2.06. The van der Waals surface area contributed by atoms with Crippen LogP contribution in [0.5, 0.6) is 0 Å². The number of ether oxygens (including phenoxy) is 1. The van der Waals surface area contributed by atoms with Gasteiger partial charge in [-0.05, 0) is 20.9 Å². The monoisotopic (exact) mass is 229 g/mol. The zero-order valence-electron chi connectivity index (χ0n) is 10.5. The maximum atomic E-state index is 11.5. The molecule has 16 heavy (non-hydrogen) atoms. The Kier molecular flexibility index (Phi) is 4.70. The van der Waals surface area contributed by atoms with Crippen LogP contribution < -0.4 is 11.1 Å². The predicted octanol–water partition coefficient (Wildman–Crippen LogP) is -0.439. The van der Waals surface area contributed by atoms with Gasteiger partial charge in [0.15, 0.2) is 0 Å². The lowest BCUT2D eigenvalue weighted by Crippen LogP contribution is -2.47. The first-order valence-corrected chi connectivity index (χ1v) is 5.72. The van der Waals surface area contributed by atoms with Crippen molar-refractivity contribution in [2.45, 2.75) is 31.9 Å². The summed E-state index contributed by atoms with van der Waals surface area (Å²) >= 11 is 0. The first-order chi connectivity index (χ1) is 7.37. The van der Waals surface area contributed by atoms with Crippen LogP contribution in [0.25, 0.3) is 0 Å². The maximum Gasteiger partial charge on any atom is 0.221 e. The van der Waals surface area contributed by atoms with Gasteiger partial charge < -0.3 is 20.7 Å². The Morgan fingerprint density at radius 2 is 2.31 bits per heavy atom. The number of hydrogen-bond donors (Lipinski definition) is 2. The van der Waals surface area contributed by atoms with Crippen LogP contribution in [0.3, 0.4) is 0 Å². The molecule has 5 heteroatoms. The van der Waals surface area contributed by atoms with Crippen molar-refractivity contribution in [1.29, 1.82) is 0 Å². The summed E-state index contributed by atoms with van der Waals surface area (Å²) in [6.45, 7) is 6.82. The Hall–Kier alpha value is -0.650. The Labute approximate surface area is 97.3 Å². The fraction of sp³-hybridized carbons (Fsp3) is 0.909. The lowest BCUT2D eigenvalue weighted by atomic mass is 10.0. The van der Waals surface area contributed by atoms with Crippen LogP contribution in [0.2, 0.25) is 0 Å². The van der Waals surface area contributed by atoms with Gasteiger partial charge in [0, 0.05) is 31.6 Å². The van der Waals surface area contributed by atoms with E-state index in [1.165, 1.54) is 0 Å². The second-order valence-corrected chi connectivity index (χ2v) is 5.22. The highest BCUT2D eigenvalue weighted by Crippen LogP contribution is 2.04. The highest BCUT2D eigenvalue weighted by Gasteiger charge is 2.20. The zero-order valence-corrected chi connectivity index (χ0v) is 10.5. The Bertz CT molecular complexity index is 238. The van der Waals surface area contributed by atoms with Crippen molar-refractivity contribution in [1.82, 2.24) is 10.2 Å². The van der Waals surface area contributed by atoms with Gasteiger partial charge in [0.1, 0.15) is 0 Å². The number of amides is 1. The van der Waals surface area contributed by atoms with E-state index in [2.05, 4.69) is 17.3 Å². The van der Waals surface area contributed by atoms with E-state index in [1.54, 1.807) is 0 Å². The number of rotatable bonds is 4. The molecule has 1 heterocycles. The molecule has 0 aromatic carbocycles. The van der Waals surface area contributed by atoms with Crippen molar-refractivity contribution in [2.75, 3.05) is 33.3 Å². The fourth-order valence-electron chi connectivity index (χ4n) is 1.69. The molecule has 1 rings (SSSR count). The summed E-state index contributed by atoms with van der Waals surface area (Å²) < 4.78 is 5.54. The van der Waals surface area contributed by atoms with E-state index >= 15 is 0 Å². The van der Waals surface area contributed by atoms with Crippen molar-refractivity contribution in [3.63, 3.8) is 0 Å². The summed E-state index contributed by atoms with van der Waals surface area (Å²) in [4.78, 5) is 13.7. The van der Waals surface area contributed by atoms with Crippen molar-refractivity contribution in [3.05, 3.63) is 0 Å².